The van der Waals surface area contributed by atoms with Gasteiger partial charge < -0.3 is 15.8 Å². The fourth-order valence-electron chi connectivity index (χ4n) is 2.06. The lowest BCUT2D eigenvalue weighted by molar-refractivity contribution is 0.282. The third kappa shape index (κ3) is 2.41. The van der Waals surface area contributed by atoms with Crippen LogP contribution in [0.1, 0.15) is 11.1 Å². The Kier molecular flexibility index (Phi) is 3.44. The molecule has 1 aromatic carbocycles. The van der Waals surface area contributed by atoms with Gasteiger partial charge >= 0.3 is 0 Å². The average Bonchev–Trinajstić information content (AvgIpc) is 2.92. The van der Waals surface area contributed by atoms with Crippen LogP contribution in [0, 0.1) is 6.92 Å². The van der Waals surface area contributed by atoms with Gasteiger partial charge in [-0.15, -0.1) is 0 Å². The highest BCUT2D eigenvalue weighted by Crippen LogP contribution is 2.23. The Hall–Kier alpha value is -2.25. The third-order valence-electron chi connectivity index (χ3n) is 3.28. The van der Waals surface area contributed by atoms with Crippen molar-refractivity contribution in [2.45, 2.75) is 23.6 Å². The predicted molar refractivity (Wildman–Crippen MR) is 80.1 cm³/mol. The molecule has 3 rings (SSSR count). The van der Waals surface area contributed by atoms with Crippen molar-refractivity contribution >= 4 is 27.7 Å². The molecule has 2 aromatic heterocycles. The number of nitrogens with two attached hydrogens (primary N) is 1. The second-order valence-electron chi connectivity index (χ2n) is 4.64. The van der Waals surface area contributed by atoms with Crippen molar-refractivity contribution in [2.24, 2.45) is 0 Å². The molecule has 7 heteroatoms. The van der Waals surface area contributed by atoms with E-state index in [9.17, 15) is 4.21 Å². The van der Waals surface area contributed by atoms with E-state index >= 15 is 0 Å². The first-order valence-corrected chi connectivity index (χ1v) is 7.47. The smallest absolute Gasteiger partial charge is 0.202 e. The Balaban J connectivity index is 2.07. The quantitative estimate of drug-likeness (QED) is 0.680. The lowest BCUT2D eigenvalue weighted by Gasteiger charge is -2.04. The average molecular weight is 302 g/mol. The predicted octanol–water partition coefficient (Wildman–Crippen LogP) is 1.51. The van der Waals surface area contributed by atoms with E-state index in [0.29, 0.717) is 26.9 Å². The van der Waals surface area contributed by atoms with Crippen LogP contribution in [-0.2, 0) is 17.4 Å². The number of nitrogen functional groups attached to an aromatic ring is 1. The lowest BCUT2D eigenvalue weighted by atomic mass is 10.2. The minimum absolute atomic E-state index is 0.0482. The summed E-state index contributed by atoms with van der Waals surface area (Å²) < 4.78 is 12.6. The summed E-state index contributed by atoms with van der Waals surface area (Å²) in [6.07, 6.45) is 1.53. The molecule has 0 amide bonds. The van der Waals surface area contributed by atoms with Crippen molar-refractivity contribution < 1.29 is 9.32 Å². The maximum absolute atomic E-state index is 12.6. The van der Waals surface area contributed by atoms with Crippen molar-refractivity contribution in [3.05, 3.63) is 41.6 Å². The second kappa shape index (κ2) is 5.27. The van der Waals surface area contributed by atoms with E-state index in [0.717, 1.165) is 11.1 Å². The van der Waals surface area contributed by atoms with Gasteiger partial charge in [0.25, 0.3) is 0 Å². The molecule has 0 aliphatic carbocycles. The molecule has 0 saturated carbocycles. The van der Waals surface area contributed by atoms with Crippen molar-refractivity contribution in [1.82, 2.24) is 15.0 Å². The Morgan fingerprint density at radius 3 is 2.95 bits per heavy atom. The lowest BCUT2D eigenvalue weighted by Crippen LogP contribution is -2.02. The van der Waals surface area contributed by atoms with Crippen LogP contribution in [0.4, 0.5) is 5.82 Å². The SMILES string of the molecule is Cc1c(S(=O)c2nc3ccc(CO)cc3[nH]2)ccnc1N. The molecule has 21 heavy (non-hydrogen) atoms. The van der Waals surface area contributed by atoms with E-state index in [2.05, 4.69) is 15.0 Å². The number of benzene rings is 1. The van der Waals surface area contributed by atoms with Gasteiger partial charge in [0.1, 0.15) is 16.6 Å². The first kappa shape index (κ1) is 13.7. The number of hydrogen-bond donors (Lipinski definition) is 3. The zero-order chi connectivity index (χ0) is 15.0. The molecule has 2 heterocycles. The van der Waals surface area contributed by atoms with Crippen LogP contribution in [0.2, 0.25) is 0 Å². The molecule has 0 bridgehead atoms. The van der Waals surface area contributed by atoms with Crippen molar-refractivity contribution in [3.63, 3.8) is 0 Å². The van der Waals surface area contributed by atoms with Gasteiger partial charge in [-0.3, -0.25) is 0 Å². The molecule has 0 aliphatic rings. The van der Waals surface area contributed by atoms with E-state index in [1.54, 1.807) is 31.2 Å². The molecule has 0 spiro atoms. The van der Waals surface area contributed by atoms with Gasteiger partial charge in [-0.1, -0.05) is 6.07 Å². The zero-order valence-electron chi connectivity index (χ0n) is 11.3. The molecule has 108 valence electrons. The molecule has 3 aromatic rings. The Morgan fingerprint density at radius 1 is 1.38 bits per heavy atom. The van der Waals surface area contributed by atoms with Crippen LogP contribution in [-0.4, -0.2) is 24.3 Å². The van der Waals surface area contributed by atoms with Gasteiger partial charge in [0.15, 0.2) is 0 Å². The number of H-pyrrole nitrogens is 1. The summed E-state index contributed by atoms with van der Waals surface area (Å²) >= 11 is 0. The molecule has 4 N–H and O–H groups in total. The molecule has 1 unspecified atom stereocenters. The highest BCUT2D eigenvalue weighted by Gasteiger charge is 2.16. The number of imidazole rings is 1. The van der Waals surface area contributed by atoms with Crippen LogP contribution >= 0.6 is 0 Å². The summed E-state index contributed by atoms with van der Waals surface area (Å²) in [5.74, 6) is 0.361. The van der Waals surface area contributed by atoms with Crippen LogP contribution in [0.3, 0.4) is 0 Å². The highest BCUT2D eigenvalue weighted by atomic mass is 32.2. The topological polar surface area (TPSA) is 105 Å². The fourth-order valence-corrected chi connectivity index (χ4v) is 3.22. The normalized spacial score (nSPS) is 12.7. The number of aromatic nitrogens is 3. The number of aliphatic hydroxyl groups is 1. The number of aliphatic hydroxyl groups excluding tert-OH is 1. The number of nitrogens with zero attached hydrogens (tertiary/aromatic N) is 2. The minimum atomic E-state index is -1.46. The number of fused-ring (bicyclic) bond motifs is 1. The number of pyridine rings is 1. The van der Waals surface area contributed by atoms with Crippen LogP contribution in [0.5, 0.6) is 0 Å². The van der Waals surface area contributed by atoms with Gasteiger partial charge in [0, 0.05) is 11.8 Å². The van der Waals surface area contributed by atoms with E-state index in [1.165, 1.54) is 6.20 Å². The molecule has 0 fully saturated rings. The largest absolute Gasteiger partial charge is 0.392 e. The number of rotatable bonds is 3. The maximum Gasteiger partial charge on any atom is 0.202 e. The third-order valence-corrected chi connectivity index (χ3v) is 4.66. The van der Waals surface area contributed by atoms with Crippen molar-refractivity contribution in [2.75, 3.05) is 5.73 Å². The Morgan fingerprint density at radius 2 is 2.19 bits per heavy atom. The fraction of sp³-hybridized carbons (Fsp3) is 0.143. The zero-order valence-corrected chi connectivity index (χ0v) is 12.1. The summed E-state index contributed by atoms with van der Waals surface area (Å²) in [7, 11) is -1.46. The number of aromatic amines is 1. The molecule has 1 atom stereocenters. The van der Waals surface area contributed by atoms with E-state index in [-0.39, 0.29) is 6.61 Å². The molecule has 6 nitrogen and oxygen atoms in total. The standard InChI is InChI=1S/C14H14N4O2S/c1-8-12(4-5-16-13(8)15)21(20)14-17-10-3-2-9(7-19)6-11(10)18-14/h2-6,19H,7H2,1H3,(H2,15,16)(H,17,18). The number of hydrogen-bond acceptors (Lipinski definition) is 5. The Labute approximate surface area is 123 Å². The van der Waals surface area contributed by atoms with Crippen molar-refractivity contribution in [1.29, 1.82) is 0 Å². The van der Waals surface area contributed by atoms with Gasteiger partial charge in [-0.2, -0.15) is 0 Å². The van der Waals surface area contributed by atoms with E-state index in [4.69, 9.17) is 10.8 Å². The first-order valence-electron chi connectivity index (χ1n) is 6.32. The molecule has 0 saturated heterocycles. The molecular formula is C14H14N4O2S. The van der Waals surface area contributed by atoms with Gasteiger partial charge in [0.2, 0.25) is 5.16 Å². The molecule has 0 aliphatic heterocycles. The maximum atomic E-state index is 12.6. The minimum Gasteiger partial charge on any atom is -0.392 e. The summed E-state index contributed by atoms with van der Waals surface area (Å²) in [6.45, 7) is 1.73. The number of nitrogens with one attached hydrogen (secondary N) is 1. The first-order chi connectivity index (χ1) is 10.1. The summed E-state index contributed by atoms with van der Waals surface area (Å²) in [4.78, 5) is 11.9. The monoisotopic (exact) mass is 302 g/mol. The second-order valence-corrected chi connectivity index (χ2v) is 6.00. The van der Waals surface area contributed by atoms with Crippen LogP contribution in [0.15, 0.2) is 40.5 Å². The van der Waals surface area contributed by atoms with Crippen LogP contribution < -0.4 is 5.73 Å². The van der Waals surface area contributed by atoms with Gasteiger partial charge in [-0.05, 0) is 30.7 Å². The summed E-state index contributed by atoms with van der Waals surface area (Å²) in [5, 5.41) is 9.50. The Bertz CT molecular complexity index is 844. The number of anilines is 1. The van der Waals surface area contributed by atoms with E-state index < -0.39 is 10.8 Å². The van der Waals surface area contributed by atoms with E-state index in [1.807, 2.05) is 0 Å². The molecule has 0 radical (unpaired) electrons. The van der Waals surface area contributed by atoms with Gasteiger partial charge in [-0.25, -0.2) is 14.2 Å². The van der Waals surface area contributed by atoms with Crippen molar-refractivity contribution in [3.8, 4) is 0 Å². The highest BCUT2D eigenvalue weighted by molar-refractivity contribution is 7.85. The van der Waals surface area contributed by atoms with Gasteiger partial charge in [0.05, 0.1) is 22.5 Å². The summed E-state index contributed by atoms with van der Waals surface area (Å²) in [5.41, 5.74) is 8.65. The summed E-state index contributed by atoms with van der Waals surface area (Å²) in [6, 6.07) is 7.03. The molecular weight excluding hydrogens is 288 g/mol. The van der Waals surface area contributed by atoms with Crippen LogP contribution in [0.25, 0.3) is 11.0 Å².